The molecule has 1 amide bonds. The fourth-order valence-electron chi connectivity index (χ4n) is 3.43. The van der Waals surface area contributed by atoms with Crippen LogP contribution in [-0.4, -0.2) is 51.7 Å². The number of aryl methyl sites for hydroxylation is 2. The van der Waals surface area contributed by atoms with Crippen LogP contribution in [0, 0.1) is 13.8 Å². The van der Waals surface area contributed by atoms with Gasteiger partial charge in [-0.15, -0.1) is 0 Å². The van der Waals surface area contributed by atoms with Crippen LogP contribution in [-0.2, 0) is 4.79 Å². The van der Waals surface area contributed by atoms with Gasteiger partial charge in [-0.1, -0.05) is 35.9 Å². The Hall–Kier alpha value is -1.35. The predicted octanol–water partition coefficient (Wildman–Crippen LogP) is 3.05. The molecule has 0 bridgehead atoms. The molecule has 0 saturated heterocycles. The van der Waals surface area contributed by atoms with Gasteiger partial charge in [-0.3, -0.25) is 9.69 Å². The van der Waals surface area contributed by atoms with E-state index >= 15 is 0 Å². The van der Waals surface area contributed by atoms with Crippen LogP contribution in [0.1, 0.15) is 37.3 Å². The summed E-state index contributed by atoms with van der Waals surface area (Å²) in [5.41, 5.74) is 4.40. The van der Waals surface area contributed by atoms with Crippen LogP contribution in [0.15, 0.2) is 17.1 Å². The lowest BCUT2D eigenvalue weighted by atomic mass is 10.0. The first-order valence-corrected chi connectivity index (χ1v) is 10.8. The SMILES string of the molecule is CCCCN1C2=NC(O)N(CCCI)C(=O)C2Nc2cc(C)c(C)cc21. The lowest BCUT2D eigenvalue weighted by Gasteiger charge is -2.43. The maximum atomic E-state index is 13.1. The van der Waals surface area contributed by atoms with E-state index < -0.39 is 12.4 Å². The van der Waals surface area contributed by atoms with Gasteiger partial charge in [-0.05, 0) is 49.9 Å². The summed E-state index contributed by atoms with van der Waals surface area (Å²) in [5.74, 6) is 0.537. The van der Waals surface area contributed by atoms with Crippen molar-refractivity contribution in [3.05, 3.63) is 23.3 Å². The number of nitrogens with zero attached hydrogens (tertiary/aromatic N) is 3. The third-order valence-electron chi connectivity index (χ3n) is 5.06. The van der Waals surface area contributed by atoms with Crippen molar-refractivity contribution in [2.24, 2.45) is 4.99 Å². The highest BCUT2D eigenvalue weighted by atomic mass is 127. The quantitative estimate of drug-likeness (QED) is 0.496. The van der Waals surface area contributed by atoms with Crippen molar-refractivity contribution in [3.8, 4) is 0 Å². The Kier molecular flexibility index (Phi) is 6.06. The van der Waals surface area contributed by atoms with E-state index in [1.54, 1.807) is 0 Å². The van der Waals surface area contributed by atoms with E-state index in [9.17, 15) is 9.90 Å². The molecule has 0 radical (unpaired) electrons. The van der Waals surface area contributed by atoms with E-state index in [4.69, 9.17) is 0 Å². The van der Waals surface area contributed by atoms with Crippen molar-refractivity contribution in [3.63, 3.8) is 0 Å². The van der Waals surface area contributed by atoms with Crippen LogP contribution >= 0.6 is 22.6 Å². The number of aliphatic imine (C=N–C) groups is 1. The number of fused-ring (bicyclic) bond motifs is 2. The number of benzene rings is 1. The third kappa shape index (κ3) is 3.55. The number of carbonyl (C=O) groups is 1. The molecule has 0 aliphatic carbocycles. The first-order chi connectivity index (χ1) is 12.5. The number of hydrogen-bond acceptors (Lipinski definition) is 5. The summed E-state index contributed by atoms with van der Waals surface area (Å²) in [5, 5.41) is 13.8. The number of alkyl halides is 1. The number of amidine groups is 1. The van der Waals surface area contributed by atoms with Gasteiger partial charge in [0.2, 0.25) is 6.35 Å². The Labute approximate surface area is 168 Å². The topological polar surface area (TPSA) is 68.2 Å². The second-order valence-electron chi connectivity index (χ2n) is 6.94. The van der Waals surface area contributed by atoms with Crippen molar-refractivity contribution in [2.45, 2.75) is 52.4 Å². The van der Waals surface area contributed by atoms with Gasteiger partial charge in [0.1, 0.15) is 5.84 Å². The average Bonchev–Trinajstić information content (AvgIpc) is 2.61. The van der Waals surface area contributed by atoms with Gasteiger partial charge in [0.25, 0.3) is 5.91 Å². The summed E-state index contributed by atoms with van der Waals surface area (Å²) < 4.78 is 0.937. The Morgan fingerprint density at radius 1 is 1.23 bits per heavy atom. The maximum absolute atomic E-state index is 13.1. The van der Waals surface area contributed by atoms with E-state index in [0.29, 0.717) is 12.4 Å². The molecule has 26 heavy (non-hydrogen) atoms. The second-order valence-corrected chi connectivity index (χ2v) is 8.02. The van der Waals surface area contributed by atoms with Crippen LogP contribution in [0.25, 0.3) is 0 Å². The zero-order chi connectivity index (χ0) is 18.8. The number of hydrogen-bond donors (Lipinski definition) is 2. The molecule has 0 saturated carbocycles. The molecule has 1 aromatic carbocycles. The molecule has 0 spiro atoms. The lowest BCUT2D eigenvalue weighted by Crippen LogP contribution is -2.61. The summed E-state index contributed by atoms with van der Waals surface area (Å²) in [7, 11) is 0. The standard InChI is InChI=1S/C19H27IN4O2/c1-4-5-8-23-15-11-13(3)12(2)10-14(15)21-16-17(23)22-19(26)24(18(16)25)9-6-7-20/h10-11,16,19,21,26H,4-9H2,1-3H3. The summed E-state index contributed by atoms with van der Waals surface area (Å²) in [6.45, 7) is 7.63. The molecule has 2 unspecified atom stereocenters. The minimum Gasteiger partial charge on any atom is -0.366 e. The summed E-state index contributed by atoms with van der Waals surface area (Å²) in [6, 6.07) is 3.72. The van der Waals surface area contributed by atoms with E-state index in [-0.39, 0.29) is 5.91 Å². The minimum atomic E-state index is -1.10. The smallest absolute Gasteiger partial charge is 0.256 e. The molecule has 0 aromatic heterocycles. The Morgan fingerprint density at radius 3 is 2.65 bits per heavy atom. The predicted molar refractivity (Wildman–Crippen MR) is 114 cm³/mol. The fourth-order valence-corrected chi connectivity index (χ4v) is 3.77. The Bertz CT molecular complexity index is 722. The second kappa shape index (κ2) is 8.12. The van der Waals surface area contributed by atoms with Gasteiger partial charge < -0.3 is 15.3 Å². The van der Waals surface area contributed by atoms with Gasteiger partial charge in [0, 0.05) is 17.5 Å². The van der Waals surface area contributed by atoms with Crippen LogP contribution in [0.2, 0.25) is 0 Å². The first-order valence-electron chi connectivity index (χ1n) is 9.25. The fraction of sp³-hybridized carbons (Fsp3) is 0.579. The number of aliphatic hydroxyl groups excluding tert-OH is 1. The average molecular weight is 470 g/mol. The van der Waals surface area contributed by atoms with Crippen molar-refractivity contribution in [1.82, 2.24) is 4.90 Å². The molecular formula is C19H27IN4O2. The summed E-state index contributed by atoms with van der Waals surface area (Å²) in [6.07, 6.45) is 1.80. The van der Waals surface area contributed by atoms with Gasteiger partial charge in [-0.2, -0.15) is 0 Å². The number of nitrogens with one attached hydrogen (secondary N) is 1. The van der Waals surface area contributed by atoms with Crippen LogP contribution in [0.3, 0.4) is 0 Å². The third-order valence-corrected chi connectivity index (χ3v) is 5.82. The summed E-state index contributed by atoms with van der Waals surface area (Å²) in [4.78, 5) is 21.2. The van der Waals surface area contributed by atoms with Gasteiger partial charge in [0.05, 0.1) is 11.4 Å². The van der Waals surface area contributed by atoms with Gasteiger partial charge in [-0.25, -0.2) is 4.99 Å². The molecule has 1 aromatic rings. The number of aliphatic hydroxyl groups is 1. The van der Waals surface area contributed by atoms with Crippen molar-refractivity contribution in [2.75, 3.05) is 27.7 Å². The molecule has 2 atom stereocenters. The Balaban J connectivity index is 2.02. The van der Waals surface area contributed by atoms with Crippen LogP contribution in [0.4, 0.5) is 11.4 Å². The largest absolute Gasteiger partial charge is 0.366 e. The lowest BCUT2D eigenvalue weighted by molar-refractivity contribution is -0.141. The Morgan fingerprint density at radius 2 is 1.96 bits per heavy atom. The van der Waals surface area contributed by atoms with Gasteiger partial charge >= 0.3 is 0 Å². The van der Waals surface area contributed by atoms with Crippen LogP contribution < -0.4 is 10.2 Å². The molecule has 2 aliphatic heterocycles. The van der Waals surface area contributed by atoms with Crippen molar-refractivity contribution >= 4 is 45.7 Å². The summed E-state index contributed by atoms with van der Waals surface area (Å²) >= 11 is 2.28. The number of anilines is 2. The number of rotatable bonds is 6. The normalized spacial score (nSPS) is 21.9. The first kappa shape index (κ1) is 19.4. The minimum absolute atomic E-state index is 0.0993. The highest BCUT2D eigenvalue weighted by Crippen LogP contribution is 2.36. The molecule has 142 valence electrons. The number of amides is 1. The monoisotopic (exact) mass is 470 g/mol. The highest BCUT2D eigenvalue weighted by Gasteiger charge is 2.42. The van der Waals surface area contributed by atoms with Crippen molar-refractivity contribution < 1.29 is 9.90 Å². The molecule has 3 rings (SSSR count). The number of carbonyl (C=O) groups excluding carboxylic acids is 1. The highest BCUT2D eigenvalue weighted by molar-refractivity contribution is 14.1. The zero-order valence-electron chi connectivity index (χ0n) is 15.6. The molecule has 2 heterocycles. The molecule has 6 nitrogen and oxygen atoms in total. The van der Waals surface area contributed by atoms with E-state index in [0.717, 1.165) is 41.6 Å². The molecular weight excluding hydrogens is 443 g/mol. The van der Waals surface area contributed by atoms with E-state index in [1.165, 1.54) is 16.0 Å². The van der Waals surface area contributed by atoms with E-state index in [2.05, 4.69) is 70.7 Å². The van der Waals surface area contributed by atoms with E-state index in [1.807, 2.05) is 0 Å². The van der Waals surface area contributed by atoms with Crippen LogP contribution in [0.5, 0.6) is 0 Å². The molecule has 0 fully saturated rings. The number of unbranched alkanes of at least 4 members (excludes halogenated alkanes) is 1. The zero-order valence-corrected chi connectivity index (χ0v) is 17.8. The molecule has 7 heteroatoms. The maximum Gasteiger partial charge on any atom is 0.256 e. The number of halogens is 1. The molecule has 2 aliphatic rings. The molecule has 2 N–H and O–H groups in total. The van der Waals surface area contributed by atoms with Gasteiger partial charge in [0.15, 0.2) is 6.04 Å². The van der Waals surface area contributed by atoms with Crippen molar-refractivity contribution in [1.29, 1.82) is 0 Å².